The molecule has 0 spiro atoms. The standard InChI is InChI=1S/C14H21N3/c1-10-5-4-6-12-14(10)11(9-16-12)13(7-8-15)17(2)3/h4-6,9,13,16H,7-8,15H2,1-3H3. The van der Waals surface area contributed by atoms with Crippen LogP contribution in [-0.2, 0) is 0 Å². The van der Waals surface area contributed by atoms with Crippen molar-refractivity contribution >= 4 is 10.9 Å². The Bertz CT molecular complexity index is 499. The summed E-state index contributed by atoms with van der Waals surface area (Å²) in [6, 6.07) is 6.76. The largest absolute Gasteiger partial charge is 0.361 e. The van der Waals surface area contributed by atoms with Crippen LogP contribution in [0.15, 0.2) is 24.4 Å². The molecule has 17 heavy (non-hydrogen) atoms. The molecule has 1 heterocycles. The third-order valence-corrected chi connectivity index (χ3v) is 3.37. The number of hydrogen-bond acceptors (Lipinski definition) is 2. The zero-order valence-electron chi connectivity index (χ0n) is 10.8. The van der Waals surface area contributed by atoms with Gasteiger partial charge in [0.15, 0.2) is 0 Å². The Morgan fingerprint density at radius 3 is 2.76 bits per heavy atom. The molecule has 2 rings (SSSR count). The molecule has 1 unspecified atom stereocenters. The lowest BCUT2D eigenvalue weighted by Crippen LogP contribution is -2.22. The summed E-state index contributed by atoms with van der Waals surface area (Å²) in [7, 11) is 4.22. The van der Waals surface area contributed by atoms with Gasteiger partial charge in [-0.05, 0) is 51.2 Å². The van der Waals surface area contributed by atoms with Crippen LogP contribution in [0.2, 0.25) is 0 Å². The number of fused-ring (bicyclic) bond motifs is 1. The number of aromatic nitrogens is 1. The molecule has 0 saturated carbocycles. The second-order valence-corrected chi connectivity index (χ2v) is 4.80. The van der Waals surface area contributed by atoms with Crippen molar-refractivity contribution in [3.8, 4) is 0 Å². The van der Waals surface area contributed by atoms with Gasteiger partial charge in [-0.25, -0.2) is 0 Å². The number of hydrogen-bond donors (Lipinski definition) is 2. The number of H-pyrrole nitrogens is 1. The molecule has 0 aliphatic rings. The molecule has 3 heteroatoms. The Labute approximate surface area is 103 Å². The normalized spacial score (nSPS) is 13.5. The molecule has 0 amide bonds. The fourth-order valence-corrected chi connectivity index (χ4v) is 2.51. The van der Waals surface area contributed by atoms with Gasteiger partial charge in [0.1, 0.15) is 0 Å². The lowest BCUT2D eigenvalue weighted by Gasteiger charge is -2.23. The van der Waals surface area contributed by atoms with E-state index in [9.17, 15) is 0 Å². The molecular formula is C14H21N3. The summed E-state index contributed by atoms with van der Waals surface area (Å²) in [5.74, 6) is 0. The summed E-state index contributed by atoms with van der Waals surface area (Å²) in [6.45, 7) is 2.87. The molecule has 0 radical (unpaired) electrons. The number of nitrogens with zero attached hydrogens (tertiary/aromatic N) is 1. The average molecular weight is 231 g/mol. The van der Waals surface area contributed by atoms with Gasteiger partial charge in [-0.2, -0.15) is 0 Å². The summed E-state index contributed by atoms with van der Waals surface area (Å²) in [5, 5.41) is 1.35. The Hall–Kier alpha value is -1.32. The van der Waals surface area contributed by atoms with Crippen LogP contribution in [0, 0.1) is 6.92 Å². The third kappa shape index (κ3) is 2.21. The summed E-state index contributed by atoms with van der Waals surface area (Å²) >= 11 is 0. The van der Waals surface area contributed by atoms with Gasteiger partial charge in [-0.3, -0.25) is 0 Å². The lowest BCUT2D eigenvalue weighted by molar-refractivity contribution is 0.288. The lowest BCUT2D eigenvalue weighted by atomic mass is 9.99. The predicted octanol–water partition coefficient (Wildman–Crippen LogP) is 2.43. The summed E-state index contributed by atoms with van der Waals surface area (Å²) in [6.07, 6.45) is 3.10. The summed E-state index contributed by atoms with van der Waals surface area (Å²) in [4.78, 5) is 5.59. The van der Waals surface area contributed by atoms with Gasteiger partial charge in [0.2, 0.25) is 0 Å². The number of aromatic amines is 1. The van der Waals surface area contributed by atoms with Gasteiger partial charge < -0.3 is 15.6 Å². The van der Waals surface area contributed by atoms with E-state index < -0.39 is 0 Å². The first kappa shape index (κ1) is 12.1. The van der Waals surface area contributed by atoms with Gasteiger partial charge >= 0.3 is 0 Å². The minimum absolute atomic E-state index is 0.384. The van der Waals surface area contributed by atoms with E-state index in [4.69, 9.17) is 5.73 Å². The molecule has 0 aliphatic carbocycles. The van der Waals surface area contributed by atoms with Crippen LogP contribution in [0.4, 0.5) is 0 Å². The quantitative estimate of drug-likeness (QED) is 0.849. The fraction of sp³-hybridized carbons (Fsp3) is 0.429. The molecule has 3 N–H and O–H groups in total. The van der Waals surface area contributed by atoms with Gasteiger partial charge in [0.25, 0.3) is 0 Å². The Morgan fingerprint density at radius 1 is 1.35 bits per heavy atom. The summed E-state index contributed by atoms with van der Waals surface area (Å²) < 4.78 is 0. The minimum Gasteiger partial charge on any atom is -0.361 e. The van der Waals surface area contributed by atoms with Crippen LogP contribution in [0.1, 0.15) is 23.6 Å². The molecule has 0 saturated heterocycles. The smallest absolute Gasteiger partial charge is 0.0460 e. The number of rotatable bonds is 4. The van der Waals surface area contributed by atoms with Crippen molar-refractivity contribution in [2.45, 2.75) is 19.4 Å². The van der Waals surface area contributed by atoms with E-state index in [1.807, 2.05) is 0 Å². The topological polar surface area (TPSA) is 45.1 Å². The van der Waals surface area contributed by atoms with E-state index >= 15 is 0 Å². The van der Waals surface area contributed by atoms with Crippen LogP contribution < -0.4 is 5.73 Å². The van der Waals surface area contributed by atoms with Gasteiger partial charge in [-0.1, -0.05) is 12.1 Å². The Balaban J connectivity index is 2.53. The van der Waals surface area contributed by atoms with E-state index in [1.165, 1.54) is 22.0 Å². The monoisotopic (exact) mass is 231 g/mol. The molecule has 0 fully saturated rings. The number of nitrogens with one attached hydrogen (secondary N) is 1. The van der Waals surface area contributed by atoms with E-state index in [1.54, 1.807) is 0 Å². The van der Waals surface area contributed by atoms with Crippen molar-refractivity contribution in [3.63, 3.8) is 0 Å². The van der Waals surface area contributed by atoms with Crippen molar-refractivity contribution in [2.24, 2.45) is 5.73 Å². The van der Waals surface area contributed by atoms with E-state index in [0.29, 0.717) is 12.6 Å². The number of benzene rings is 1. The van der Waals surface area contributed by atoms with Crippen molar-refractivity contribution in [2.75, 3.05) is 20.6 Å². The predicted molar refractivity (Wildman–Crippen MR) is 73.1 cm³/mol. The van der Waals surface area contributed by atoms with Crippen LogP contribution >= 0.6 is 0 Å². The van der Waals surface area contributed by atoms with Gasteiger partial charge in [0, 0.05) is 23.1 Å². The maximum absolute atomic E-state index is 5.72. The highest BCUT2D eigenvalue weighted by molar-refractivity contribution is 5.86. The van der Waals surface area contributed by atoms with E-state index in [-0.39, 0.29) is 0 Å². The zero-order chi connectivity index (χ0) is 12.4. The molecule has 1 atom stereocenters. The van der Waals surface area contributed by atoms with Crippen LogP contribution in [-0.4, -0.2) is 30.5 Å². The van der Waals surface area contributed by atoms with Gasteiger partial charge in [0.05, 0.1) is 0 Å². The second kappa shape index (κ2) is 4.90. The maximum atomic E-state index is 5.72. The van der Waals surface area contributed by atoms with Crippen molar-refractivity contribution in [3.05, 3.63) is 35.5 Å². The molecule has 1 aromatic heterocycles. The highest BCUT2D eigenvalue weighted by Gasteiger charge is 2.18. The second-order valence-electron chi connectivity index (χ2n) is 4.80. The average Bonchev–Trinajstić information content (AvgIpc) is 2.70. The van der Waals surface area contributed by atoms with E-state index in [2.05, 4.69) is 55.3 Å². The number of aryl methyl sites for hydroxylation is 1. The fourth-order valence-electron chi connectivity index (χ4n) is 2.51. The molecule has 1 aromatic carbocycles. The highest BCUT2D eigenvalue weighted by Crippen LogP contribution is 2.30. The zero-order valence-corrected chi connectivity index (χ0v) is 10.8. The molecular weight excluding hydrogens is 210 g/mol. The summed E-state index contributed by atoms with van der Waals surface area (Å²) in [5.41, 5.74) is 9.61. The molecule has 92 valence electrons. The van der Waals surface area contributed by atoms with Crippen molar-refractivity contribution in [1.29, 1.82) is 0 Å². The van der Waals surface area contributed by atoms with Crippen LogP contribution in [0.3, 0.4) is 0 Å². The SMILES string of the molecule is Cc1cccc2[nH]cc(C(CCN)N(C)C)c12. The van der Waals surface area contributed by atoms with Crippen LogP contribution in [0.5, 0.6) is 0 Å². The van der Waals surface area contributed by atoms with Crippen molar-refractivity contribution in [1.82, 2.24) is 9.88 Å². The van der Waals surface area contributed by atoms with E-state index in [0.717, 1.165) is 6.42 Å². The molecule has 2 aromatic rings. The maximum Gasteiger partial charge on any atom is 0.0460 e. The first-order valence-electron chi connectivity index (χ1n) is 6.08. The Kier molecular flexibility index (Phi) is 3.50. The number of nitrogens with two attached hydrogens (primary N) is 1. The molecule has 0 bridgehead atoms. The van der Waals surface area contributed by atoms with Gasteiger partial charge in [-0.15, -0.1) is 0 Å². The highest BCUT2D eigenvalue weighted by atomic mass is 15.1. The van der Waals surface area contributed by atoms with Crippen LogP contribution in [0.25, 0.3) is 10.9 Å². The third-order valence-electron chi connectivity index (χ3n) is 3.37. The van der Waals surface area contributed by atoms with Crippen molar-refractivity contribution < 1.29 is 0 Å². The molecule has 0 aliphatic heterocycles. The first-order chi connectivity index (χ1) is 8.15. The Morgan fingerprint density at radius 2 is 2.12 bits per heavy atom. The first-order valence-corrected chi connectivity index (χ1v) is 6.08. The molecule has 3 nitrogen and oxygen atoms in total. The minimum atomic E-state index is 0.384.